The Balaban J connectivity index is 1.29. The van der Waals surface area contributed by atoms with Crippen molar-refractivity contribution in [1.82, 2.24) is 14.9 Å². The van der Waals surface area contributed by atoms with Gasteiger partial charge in [0.1, 0.15) is 5.65 Å². The predicted molar refractivity (Wildman–Crippen MR) is 170 cm³/mol. The number of pyridine rings is 1. The zero-order chi connectivity index (χ0) is 28.9. The van der Waals surface area contributed by atoms with Crippen LogP contribution in [0, 0.1) is 5.92 Å². The Bertz CT molecular complexity index is 1510. The van der Waals surface area contributed by atoms with Crippen molar-refractivity contribution in [1.29, 1.82) is 0 Å². The molecule has 2 heterocycles. The van der Waals surface area contributed by atoms with E-state index in [0.29, 0.717) is 5.92 Å². The molecule has 218 valence electrons. The first-order valence-corrected chi connectivity index (χ1v) is 15.8. The molecule has 0 spiro atoms. The minimum atomic E-state index is -0.410. The summed E-state index contributed by atoms with van der Waals surface area (Å²) in [5.74, 6) is 0.0893. The van der Waals surface area contributed by atoms with Crippen LogP contribution in [-0.4, -0.2) is 27.2 Å². The van der Waals surface area contributed by atoms with Gasteiger partial charge < -0.3 is 15.0 Å². The predicted octanol–water partition coefficient (Wildman–Crippen LogP) is 7.51. The van der Waals surface area contributed by atoms with Gasteiger partial charge >= 0.3 is 0 Å². The molecule has 0 radical (unpaired) electrons. The minimum absolute atomic E-state index is 0.0178. The Hall–Kier alpha value is -3.70. The molecule has 6 rings (SSSR count). The molecule has 1 fully saturated rings. The lowest BCUT2D eigenvalue weighted by atomic mass is 9.80. The first-order chi connectivity index (χ1) is 20.7. The molecule has 2 aromatic heterocycles. The van der Waals surface area contributed by atoms with Crippen molar-refractivity contribution in [2.45, 2.75) is 82.7 Å². The molecule has 2 N–H and O–H groups in total. The lowest BCUT2D eigenvalue weighted by Crippen LogP contribution is -2.37. The van der Waals surface area contributed by atoms with Crippen LogP contribution in [0.25, 0.3) is 17.1 Å². The summed E-state index contributed by atoms with van der Waals surface area (Å²) in [4.78, 5) is 18.9. The Morgan fingerprint density at radius 3 is 2.38 bits per heavy atom. The summed E-state index contributed by atoms with van der Waals surface area (Å²) >= 11 is 0. The van der Waals surface area contributed by atoms with Crippen molar-refractivity contribution < 1.29 is 9.90 Å². The van der Waals surface area contributed by atoms with Gasteiger partial charge in [0.25, 0.3) is 0 Å². The van der Waals surface area contributed by atoms with Gasteiger partial charge in [-0.05, 0) is 84.9 Å². The minimum Gasteiger partial charge on any atom is -0.394 e. The van der Waals surface area contributed by atoms with Crippen molar-refractivity contribution in [2.24, 2.45) is 5.92 Å². The molecular formula is C37H43N3O2. The largest absolute Gasteiger partial charge is 0.394 e. The van der Waals surface area contributed by atoms with Crippen LogP contribution in [0.2, 0.25) is 0 Å². The van der Waals surface area contributed by atoms with Crippen LogP contribution >= 0.6 is 0 Å². The smallest absolute Gasteiger partial charge is 0.228 e. The average Bonchev–Trinajstić information content (AvgIpc) is 3.16. The molecule has 2 atom stereocenters. The van der Waals surface area contributed by atoms with E-state index in [-0.39, 0.29) is 18.4 Å². The zero-order valence-corrected chi connectivity index (χ0v) is 24.6. The van der Waals surface area contributed by atoms with E-state index in [0.717, 1.165) is 54.7 Å². The fourth-order valence-electron chi connectivity index (χ4n) is 7.27. The van der Waals surface area contributed by atoms with Crippen molar-refractivity contribution in [3.63, 3.8) is 0 Å². The van der Waals surface area contributed by atoms with Gasteiger partial charge in [0.05, 0.1) is 24.3 Å². The maximum absolute atomic E-state index is 14.0. The topological polar surface area (TPSA) is 67.2 Å². The van der Waals surface area contributed by atoms with E-state index in [1.807, 2.05) is 36.4 Å². The van der Waals surface area contributed by atoms with E-state index < -0.39 is 6.04 Å². The first-order valence-electron chi connectivity index (χ1n) is 15.8. The van der Waals surface area contributed by atoms with Crippen LogP contribution in [0.15, 0.2) is 73.3 Å². The first kappa shape index (κ1) is 28.4. The lowest BCUT2D eigenvalue weighted by Gasteiger charge is -2.28. The Morgan fingerprint density at radius 1 is 0.929 bits per heavy atom. The van der Waals surface area contributed by atoms with Gasteiger partial charge in [-0.2, -0.15) is 0 Å². The van der Waals surface area contributed by atoms with Gasteiger partial charge in [0, 0.05) is 17.6 Å². The third kappa shape index (κ3) is 5.94. The normalized spacial score (nSPS) is 17.3. The summed E-state index contributed by atoms with van der Waals surface area (Å²) in [5.41, 5.74) is 8.04. The average molecular weight is 562 g/mol. The summed E-state index contributed by atoms with van der Waals surface area (Å²) in [6.45, 7) is 4.58. The van der Waals surface area contributed by atoms with Crippen LogP contribution in [0.3, 0.4) is 0 Å². The van der Waals surface area contributed by atoms with E-state index >= 15 is 0 Å². The summed E-state index contributed by atoms with van der Waals surface area (Å²) in [7, 11) is 0. The SMILES string of the molecule is C=Cc1ccc2c3c(n(Cc4ccc([C@@H](C(=O)N[C@@H](CO)c5ccccc5)C5CCCCCC5)cc4)c2n1)CCCC3. The number of aliphatic hydroxyl groups is 1. The number of carbonyl (C=O) groups excluding carboxylic acids is 1. The standard InChI is InChI=1S/C37H43N3O2/c1-2-30-22-23-32-31-16-10-11-17-34(31)40(36(32)38-30)24-26-18-20-29(21-19-26)35(28-14-6-3-4-7-15-28)37(42)39-33(25-41)27-12-8-5-9-13-27/h2,5,8-9,12-13,18-23,28,33,35,41H,1,3-4,6-7,10-11,14-17,24-25H2,(H,39,42)/t33-,35-/m0/s1. The number of amides is 1. The number of carbonyl (C=O) groups is 1. The van der Waals surface area contributed by atoms with Crippen LogP contribution < -0.4 is 5.32 Å². The number of aryl methyl sites for hydroxylation is 1. The molecule has 0 unspecified atom stereocenters. The number of nitrogens with zero attached hydrogens (tertiary/aromatic N) is 2. The third-order valence-electron chi connectivity index (χ3n) is 9.49. The molecule has 1 saturated carbocycles. The number of fused-ring (bicyclic) bond motifs is 3. The molecule has 5 heteroatoms. The number of nitrogens with one attached hydrogen (secondary N) is 1. The van der Waals surface area contributed by atoms with Crippen LogP contribution in [0.5, 0.6) is 0 Å². The molecule has 5 nitrogen and oxygen atoms in total. The molecule has 2 aliphatic rings. The van der Waals surface area contributed by atoms with Gasteiger partial charge in [-0.3, -0.25) is 4.79 Å². The number of benzene rings is 2. The molecule has 2 aromatic carbocycles. The van der Waals surface area contributed by atoms with Crippen LogP contribution in [0.1, 0.15) is 97.0 Å². The summed E-state index contributed by atoms with van der Waals surface area (Å²) in [5, 5.41) is 14.6. The quantitative estimate of drug-likeness (QED) is 0.208. The molecule has 2 aliphatic carbocycles. The molecule has 0 saturated heterocycles. The van der Waals surface area contributed by atoms with Crippen molar-refractivity contribution in [2.75, 3.05) is 6.61 Å². The van der Waals surface area contributed by atoms with E-state index in [1.165, 1.54) is 60.7 Å². The highest BCUT2D eigenvalue weighted by atomic mass is 16.3. The highest BCUT2D eigenvalue weighted by Crippen LogP contribution is 2.37. The summed E-state index contributed by atoms with van der Waals surface area (Å²) in [6.07, 6.45) is 13.4. The van der Waals surface area contributed by atoms with Crippen molar-refractivity contribution >= 4 is 23.0 Å². The van der Waals surface area contributed by atoms with Gasteiger partial charge in [0.2, 0.25) is 5.91 Å². The van der Waals surface area contributed by atoms with E-state index in [9.17, 15) is 9.90 Å². The highest BCUT2D eigenvalue weighted by Gasteiger charge is 2.32. The Morgan fingerprint density at radius 2 is 1.67 bits per heavy atom. The second-order valence-corrected chi connectivity index (χ2v) is 12.2. The van der Waals surface area contributed by atoms with Gasteiger partial charge in [0.15, 0.2) is 0 Å². The third-order valence-corrected chi connectivity index (χ3v) is 9.49. The van der Waals surface area contributed by atoms with Gasteiger partial charge in [-0.15, -0.1) is 0 Å². The fourth-order valence-corrected chi connectivity index (χ4v) is 7.27. The molecule has 0 aliphatic heterocycles. The van der Waals surface area contributed by atoms with Crippen LogP contribution in [0.4, 0.5) is 0 Å². The number of hydrogen-bond acceptors (Lipinski definition) is 3. The highest BCUT2D eigenvalue weighted by molar-refractivity contribution is 5.85. The summed E-state index contributed by atoms with van der Waals surface area (Å²) < 4.78 is 2.41. The molecule has 1 amide bonds. The van der Waals surface area contributed by atoms with Crippen molar-refractivity contribution in [3.8, 4) is 0 Å². The molecule has 42 heavy (non-hydrogen) atoms. The summed E-state index contributed by atoms with van der Waals surface area (Å²) in [6, 6.07) is 22.4. The number of aliphatic hydroxyl groups excluding tert-OH is 1. The Kier molecular flexibility index (Phi) is 8.85. The lowest BCUT2D eigenvalue weighted by molar-refractivity contribution is -0.125. The Labute approximate surface area is 249 Å². The number of hydrogen-bond donors (Lipinski definition) is 2. The maximum atomic E-state index is 14.0. The van der Waals surface area contributed by atoms with E-state index in [1.54, 1.807) is 0 Å². The van der Waals surface area contributed by atoms with Crippen LogP contribution in [-0.2, 0) is 24.2 Å². The zero-order valence-electron chi connectivity index (χ0n) is 24.6. The van der Waals surface area contributed by atoms with Crippen molar-refractivity contribution in [3.05, 3.63) is 107 Å². The second kappa shape index (κ2) is 13.1. The monoisotopic (exact) mass is 561 g/mol. The van der Waals surface area contributed by atoms with Gasteiger partial charge in [-0.1, -0.05) is 86.9 Å². The molecule has 4 aromatic rings. The van der Waals surface area contributed by atoms with E-state index in [4.69, 9.17) is 4.98 Å². The fraction of sp³-hybridized carbons (Fsp3) is 0.405. The number of rotatable bonds is 9. The molecular weight excluding hydrogens is 518 g/mol. The second-order valence-electron chi connectivity index (χ2n) is 12.2. The number of aromatic nitrogens is 2. The maximum Gasteiger partial charge on any atom is 0.228 e. The van der Waals surface area contributed by atoms with Gasteiger partial charge in [-0.25, -0.2) is 4.98 Å². The molecule has 0 bridgehead atoms. The van der Waals surface area contributed by atoms with E-state index in [2.05, 4.69) is 52.9 Å².